The fourth-order valence-corrected chi connectivity index (χ4v) is 2.85. The van der Waals surface area contributed by atoms with Gasteiger partial charge in [-0.3, -0.25) is 9.59 Å². The van der Waals surface area contributed by atoms with Gasteiger partial charge in [0.15, 0.2) is 0 Å². The van der Waals surface area contributed by atoms with E-state index in [1.165, 1.54) is 25.7 Å². The molecule has 4 nitrogen and oxygen atoms in total. The van der Waals surface area contributed by atoms with E-state index in [2.05, 4.69) is 6.92 Å². The van der Waals surface area contributed by atoms with Gasteiger partial charge in [0.05, 0.1) is 13.0 Å². The van der Waals surface area contributed by atoms with Gasteiger partial charge in [-0.2, -0.15) is 0 Å². The van der Waals surface area contributed by atoms with Gasteiger partial charge in [0, 0.05) is 11.4 Å². The van der Waals surface area contributed by atoms with Gasteiger partial charge in [0.1, 0.15) is 6.10 Å². The van der Waals surface area contributed by atoms with Crippen LogP contribution in [-0.4, -0.2) is 18.5 Å². The largest absolute Gasteiger partial charge is 0.466 e. The average Bonchev–Trinajstić information content (AvgIpc) is 2.61. The fraction of sp³-hybridized carbons (Fsp3) is 0.619. The maximum absolute atomic E-state index is 12.2. The van der Waals surface area contributed by atoms with Crippen molar-refractivity contribution in [3.63, 3.8) is 0 Å². The third-order valence-corrected chi connectivity index (χ3v) is 4.41. The number of unbranched alkanes of at least 4 members (excludes halogenated alkanes) is 6. The second-order valence-corrected chi connectivity index (χ2v) is 6.85. The summed E-state index contributed by atoms with van der Waals surface area (Å²) in [7, 11) is 0. The lowest BCUT2D eigenvalue weighted by atomic mass is 10.1. The summed E-state index contributed by atoms with van der Waals surface area (Å²) in [6.45, 7) is 4.25. The van der Waals surface area contributed by atoms with Gasteiger partial charge in [0.2, 0.25) is 0 Å². The molecule has 0 radical (unpaired) electrons. The Morgan fingerprint density at radius 2 is 1.54 bits per heavy atom. The Balaban J connectivity index is 2.47. The molecule has 0 N–H and O–H groups in total. The van der Waals surface area contributed by atoms with E-state index in [0.717, 1.165) is 24.8 Å². The minimum Gasteiger partial charge on any atom is -0.466 e. The highest BCUT2D eigenvalue weighted by molar-refractivity contribution is 6.30. The predicted molar refractivity (Wildman–Crippen MR) is 104 cm³/mol. The Hall–Kier alpha value is -1.55. The predicted octanol–water partition coefficient (Wildman–Crippen LogP) is 6.02. The van der Waals surface area contributed by atoms with Crippen LogP contribution in [0, 0.1) is 0 Å². The summed E-state index contributed by atoms with van der Waals surface area (Å²) in [6.07, 6.45) is 7.74. The first-order valence-electron chi connectivity index (χ1n) is 9.67. The molecule has 0 bridgehead atoms. The fourth-order valence-electron chi connectivity index (χ4n) is 2.72. The van der Waals surface area contributed by atoms with Crippen molar-refractivity contribution < 1.29 is 19.1 Å². The number of hydrogen-bond acceptors (Lipinski definition) is 4. The van der Waals surface area contributed by atoms with E-state index in [1.54, 1.807) is 31.2 Å². The minimum absolute atomic E-state index is 0.0121. The molecule has 5 heteroatoms. The SMILES string of the molecule is CCCCCCCCCC(=O)O[C@H](CC(=O)OCC)c1ccc(Cl)cc1. The van der Waals surface area contributed by atoms with Crippen LogP contribution in [0.1, 0.15) is 83.3 Å². The molecule has 1 atom stereocenters. The quantitative estimate of drug-likeness (QED) is 0.309. The van der Waals surface area contributed by atoms with E-state index < -0.39 is 6.10 Å². The van der Waals surface area contributed by atoms with Crippen LogP contribution in [-0.2, 0) is 19.1 Å². The number of rotatable bonds is 13. The Morgan fingerprint density at radius 3 is 2.15 bits per heavy atom. The van der Waals surface area contributed by atoms with E-state index in [-0.39, 0.29) is 18.4 Å². The highest BCUT2D eigenvalue weighted by Gasteiger charge is 2.21. The topological polar surface area (TPSA) is 52.6 Å². The molecule has 0 fully saturated rings. The Morgan fingerprint density at radius 1 is 0.923 bits per heavy atom. The molecule has 0 aromatic heterocycles. The van der Waals surface area contributed by atoms with Gasteiger partial charge in [-0.05, 0) is 31.0 Å². The smallest absolute Gasteiger partial charge is 0.309 e. The molecule has 0 unspecified atom stereocenters. The molecule has 146 valence electrons. The van der Waals surface area contributed by atoms with Crippen molar-refractivity contribution in [3.05, 3.63) is 34.9 Å². The van der Waals surface area contributed by atoms with Crippen molar-refractivity contribution in [3.8, 4) is 0 Å². The molecule has 0 aliphatic carbocycles. The molecule has 1 aromatic carbocycles. The van der Waals surface area contributed by atoms with Crippen LogP contribution < -0.4 is 0 Å². The summed E-state index contributed by atoms with van der Waals surface area (Å²) in [4.78, 5) is 24.0. The third kappa shape index (κ3) is 9.81. The Kier molecular flexibility index (Phi) is 11.8. The molecule has 0 saturated carbocycles. The van der Waals surface area contributed by atoms with Crippen LogP contribution in [0.3, 0.4) is 0 Å². The van der Waals surface area contributed by atoms with E-state index in [0.29, 0.717) is 18.1 Å². The molecular formula is C21H31ClO4. The zero-order valence-corrected chi connectivity index (χ0v) is 16.7. The van der Waals surface area contributed by atoms with Crippen LogP contribution in [0.5, 0.6) is 0 Å². The van der Waals surface area contributed by atoms with Crippen molar-refractivity contribution in [1.82, 2.24) is 0 Å². The molecule has 0 aliphatic rings. The van der Waals surface area contributed by atoms with E-state index in [1.807, 2.05) is 0 Å². The minimum atomic E-state index is -0.636. The summed E-state index contributed by atoms with van der Waals surface area (Å²) in [5.74, 6) is -0.654. The van der Waals surface area contributed by atoms with E-state index in [9.17, 15) is 9.59 Å². The Labute approximate surface area is 162 Å². The van der Waals surface area contributed by atoms with Crippen LogP contribution in [0.25, 0.3) is 0 Å². The van der Waals surface area contributed by atoms with Crippen molar-refractivity contribution >= 4 is 23.5 Å². The summed E-state index contributed by atoms with van der Waals surface area (Å²) in [5, 5.41) is 0.595. The van der Waals surface area contributed by atoms with Gasteiger partial charge in [0.25, 0.3) is 0 Å². The lowest BCUT2D eigenvalue weighted by molar-refractivity contribution is -0.155. The summed E-state index contributed by atoms with van der Waals surface area (Å²) in [5.41, 5.74) is 0.746. The second kappa shape index (κ2) is 13.6. The molecule has 0 aliphatic heterocycles. The lowest BCUT2D eigenvalue weighted by Crippen LogP contribution is -2.16. The number of carbonyl (C=O) groups is 2. The van der Waals surface area contributed by atoms with E-state index >= 15 is 0 Å². The standard InChI is InChI=1S/C21H31ClO4/c1-3-5-6-7-8-9-10-11-20(23)26-19(16-21(24)25-4-2)17-12-14-18(22)15-13-17/h12-15,19H,3-11,16H2,1-2H3/t19-/m1/s1. The first-order valence-corrected chi connectivity index (χ1v) is 10.0. The van der Waals surface area contributed by atoms with Crippen molar-refractivity contribution in [2.24, 2.45) is 0 Å². The zero-order valence-electron chi connectivity index (χ0n) is 16.0. The summed E-state index contributed by atoms with van der Waals surface area (Å²) >= 11 is 5.91. The van der Waals surface area contributed by atoms with Gasteiger partial charge in [-0.1, -0.05) is 69.2 Å². The lowest BCUT2D eigenvalue weighted by Gasteiger charge is -2.18. The number of ether oxygens (including phenoxy) is 2. The van der Waals surface area contributed by atoms with Crippen molar-refractivity contribution in [2.75, 3.05) is 6.61 Å². The van der Waals surface area contributed by atoms with Crippen LogP contribution >= 0.6 is 11.6 Å². The molecule has 0 spiro atoms. The number of halogens is 1. The van der Waals surface area contributed by atoms with Gasteiger partial charge < -0.3 is 9.47 Å². The summed E-state index contributed by atoms with van der Waals surface area (Å²) in [6, 6.07) is 6.98. The van der Waals surface area contributed by atoms with E-state index in [4.69, 9.17) is 21.1 Å². The van der Waals surface area contributed by atoms with Crippen LogP contribution in [0.2, 0.25) is 5.02 Å². The van der Waals surface area contributed by atoms with Crippen molar-refractivity contribution in [2.45, 2.75) is 77.7 Å². The highest BCUT2D eigenvalue weighted by Crippen LogP contribution is 2.24. The molecular weight excluding hydrogens is 352 g/mol. The van der Waals surface area contributed by atoms with Crippen molar-refractivity contribution in [1.29, 1.82) is 0 Å². The first-order chi connectivity index (χ1) is 12.6. The van der Waals surface area contributed by atoms with Gasteiger partial charge >= 0.3 is 11.9 Å². The number of carbonyl (C=O) groups excluding carboxylic acids is 2. The van der Waals surface area contributed by atoms with Gasteiger partial charge in [-0.15, -0.1) is 0 Å². The molecule has 1 rings (SSSR count). The molecule has 0 heterocycles. The number of benzene rings is 1. The maximum Gasteiger partial charge on any atom is 0.309 e. The highest BCUT2D eigenvalue weighted by atomic mass is 35.5. The first kappa shape index (κ1) is 22.5. The average molecular weight is 383 g/mol. The van der Waals surface area contributed by atoms with Crippen LogP contribution in [0.4, 0.5) is 0 Å². The van der Waals surface area contributed by atoms with Crippen LogP contribution in [0.15, 0.2) is 24.3 Å². The van der Waals surface area contributed by atoms with Gasteiger partial charge in [-0.25, -0.2) is 0 Å². The molecule has 0 saturated heterocycles. The monoisotopic (exact) mass is 382 g/mol. The molecule has 1 aromatic rings. The molecule has 0 amide bonds. The normalized spacial score (nSPS) is 11.8. The zero-order chi connectivity index (χ0) is 19.2. The number of esters is 2. The second-order valence-electron chi connectivity index (χ2n) is 6.41. The Bertz CT molecular complexity index is 527. The number of hydrogen-bond donors (Lipinski definition) is 0. The molecule has 26 heavy (non-hydrogen) atoms. The summed E-state index contributed by atoms with van der Waals surface area (Å²) < 4.78 is 10.5. The maximum atomic E-state index is 12.2. The third-order valence-electron chi connectivity index (χ3n) is 4.16.